The molecule has 7 nitrogen and oxygen atoms in total. The number of carbonyl (C=O) groups is 2. The fourth-order valence-electron chi connectivity index (χ4n) is 4.66. The van der Waals surface area contributed by atoms with Crippen LogP contribution < -0.4 is 9.62 Å². The maximum Gasteiger partial charge on any atom is 0.264 e. The highest BCUT2D eigenvalue weighted by Crippen LogP contribution is 2.26. The number of benzene rings is 4. The maximum atomic E-state index is 14.3. The molecule has 4 aromatic rings. The van der Waals surface area contributed by atoms with Gasteiger partial charge in [0.25, 0.3) is 10.0 Å². The Labute approximate surface area is 256 Å². The third kappa shape index (κ3) is 7.86. The number of anilines is 1. The van der Waals surface area contributed by atoms with Crippen molar-refractivity contribution in [2.24, 2.45) is 0 Å². The number of hydrogen-bond acceptors (Lipinski definition) is 4. The van der Waals surface area contributed by atoms with Gasteiger partial charge < -0.3 is 10.2 Å². The fraction of sp³-hybridized carbons (Fsp3) is 0.212. The Morgan fingerprint density at radius 2 is 1.48 bits per heavy atom. The second-order valence-electron chi connectivity index (χ2n) is 9.91. The van der Waals surface area contributed by atoms with Crippen LogP contribution in [0, 0.1) is 6.92 Å². The van der Waals surface area contributed by atoms with Gasteiger partial charge in [0.15, 0.2) is 0 Å². The minimum absolute atomic E-state index is 0.0725. The molecule has 0 aliphatic rings. The van der Waals surface area contributed by atoms with Crippen molar-refractivity contribution in [1.82, 2.24) is 10.2 Å². The zero-order valence-electron chi connectivity index (χ0n) is 23.6. The molecule has 1 N–H and O–H groups in total. The Bertz CT molecular complexity index is 1600. The zero-order valence-corrected chi connectivity index (χ0v) is 26.0. The molecule has 0 heterocycles. The van der Waals surface area contributed by atoms with E-state index >= 15 is 0 Å². The summed E-state index contributed by atoms with van der Waals surface area (Å²) in [6, 6.07) is 31.2. The highest BCUT2D eigenvalue weighted by atomic mass is 79.9. The van der Waals surface area contributed by atoms with Crippen LogP contribution in [0.3, 0.4) is 0 Å². The number of rotatable bonds is 12. The minimum atomic E-state index is -4.11. The molecule has 0 saturated heterocycles. The molecule has 1 atom stereocenters. The van der Waals surface area contributed by atoms with Crippen molar-refractivity contribution >= 4 is 43.5 Å². The molecule has 0 aromatic heterocycles. The first-order valence-corrected chi connectivity index (χ1v) is 15.9. The second-order valence-corrected chi connectivity index (χ2v) is 12.7. The van der Waals surface area contributed by atoms with Gasteiger partial charge in [-0.15, -0.1) is 0 Å². The van der Waals surface area contributed by atoms with Gasteiger partial charge in [0.1, 0.15) is 12.6 Å². The lowest BCUT2D eigenvalue weighted by Crippen LogP contribution is -2.53. The summed E-state index contributed by atoms with van der Waals surface area (Å²) in [6.45, 7) is 3.71. The van der Waals surface area contributed by atoms with Crippen LogP contribution in [0.25, 0.3) is 0 Å². The van der Waals surface area contributed by atoms with E-state index in [4.69, 9.17) is 0 Å². The summed E-state index contributed by atoms with van der Waals surface area (Å²) in [5, 5.41) is 2.87. The van der Waals surface area contributed by atoms with Crippen LogP contribution in [-0.2, 0) is 32.6 Å². The van der Waals surface area contributed by atoms with Crippen LogP contribution in [0.4, 0.5) is 5.69 Å². The Balaban J connectivity index is 1.78. The number of amides is 2. The highest BCUT2D eigenvalue weighted by molar-refractivity contribution is 9.10. The molecular formula is C33H34BrN3O4S. The van der Waals surface area contributed by atoms with Crippen LogP contribution >= 0.6 is 15.9 Å². The SMILES string of the molecule is CCNC(=O)C(Cc1ccccc1)N(Cc1ccc(Br)cc1)C(=O)CN(c1cccc(C)c1)S(=O)(=O)c1ccccc1. The van der Waals surface area contributed by atoms with E-state index in [9.17, 15) is 18.0 Å². The third-order valence-electron chi connectivity index (χ3n) is 6.79. The first kappa shape index (κ1) is 31.0. The van der Waals surface area contributed by atoms with Gasteiger partial charge >= 0.3 is 0 Å². The van der Waals surface area contributed by atoms with Crippen LogP contribution in [0.1, 0.15) is 23.6 Å². The highest BCUT2D eigenvalue weighted by Gasteiger charge is 2.34. The van der Waals surface area contributed by atoms with Crippen LogP contribution in [-0.4, -0.2) is 44.3 Å². The topological polar surface area (TPSA) is 86.8 Å². The van der Waals surface area contributed by atoms with E-state index in [1.165, 1.54) is 17.0 Å². The van der Waals surface area contributed by atoms with Gasteiger partial charge in [0.2, 0.25) is 11.8 Å². The molecule has 42 heavy (non-hydrogen) atoms. The summed E-state index contributed by atoms with van der Waals surface area (Å²) < 4.78 is 29.9. The molecule has 0 spiro atoms. The van der Waals surface area contributed by atoms with Gasteiger partial charge in [0, 0.05) is 24.0 Å². The number of halogens is 1. The smallest absolute Gasteiger partial charge is 0.264 e. The predicted molar refractivity (Wildman–Crippen MR) is 169 cm³/mol. The summed E-state index contributed by atoms with van der Waals surface area (Å²) >= 11 is 3.45. The molecule has 4 aromatic carbocycles. The molecule has 0 aliphatic carbocycles. The Kier molecular flexibility index (Phi) is 10.5. The zero-order chi connectivity index (χ0) is 30.1. The minimum Gasteiger partial charge on any atom is -0.355 e. The van der Waals surface area contributed by atoms with Crippen molar-refractivity contribution in [3.05, 3.63) is 130 Å². The number of sulfonamides is 1. The predicted octanol–water partition coefficient (Wildman–Crippen LogP) is 5.73. The van der Waals surface area contributed by atoms with Gasteiger partial charge in [-0.25, -0.2) is 8.42 Å². The van der Waals surface area contributed by atoms with E-state index in [-0.39, 0.29) is 23.8 Å². The number of nitrogens with one attached hydrogen (secondary N) is 1. The molecule has 0 aliphatic heterocycles. The maximum absolute atomic E-state index is 14.3. The normalized spacial score (nSPS) is 11.9. The van der Waals surface area contributed by atoms with E-state index in [2.05, 4.69) is 21.2 Å². The van der Waals surface area contributed by atoms with E-state index in [0.29, 0.717) is 12.2 Å². The molecule has 0 bridgehead atoms. The van der Waals surface area contributed by atoms with E-state index < -0.39 is 28.5 Å². The monoisotopic (exact) mass is 647 g/mol. The number of carbonyl (C=O) groups excluding carboxylic acids is 2. The molecule has 0 fully saturated rings. The molecule has 1 unspecified atom stereocenters. The number of nitrogens with zero attached hydrogens (tertiary/aromatic N) is 2. The number of hydrogen-bond donors (Lipinski definition) is 1. The Morgan fingerprint density at radius 1 is 0.833 bits per heavy atom. The Hall–Kier alpha value is -3.95. The molecule has 0 saturated carbocycles. The van der Waals surface area contributed by atoms with Crippen LogP contribution in [0.2, 0.25) is 0 Å². The van der Waals surface area contributed by atoms with Crippen LogP contribution in [0.15, 0.2) is 119 Å². The summed E-state index contributed by atoms with van der Waals surface area (Å²) in [7, 11) is -4.11. The first-order chi connectivity index (χ1) is 20.2. The van der Waals surface area contributed by atoms with Gasteiger partial charge in [0.05, 0.1) is 10.6 Å². The molecule has 0 radical (unpaired) electrons. The summed E-state index contributed by atoms with van der Waals surface area (Å²) in [4.78, 5) is 29.4. The van der Waals surface area contributed by atoms with Crippen molar-refractivity contribution in [3.63, 3.8) is 0 Å². The van der Waals surface area contributed by atoms with Crippen molar-refractivity contribution in [2.75, 3.05) is 17.4 Å². The van der Waals surface area contributed by atoms with Gasteiger partial charge in [-0.1, -0.05) is 88.7 Å². The lowest BCUT2D eigenvalue weighted by atomic mass is 10.0. The number of likely N-dealkylation sites (N-methyl/N-ethyl adjacent to an activating group) is 1. The molecule has 9 heteroatoms. The molecular weight excluding hydrogens is 614 g/mol. The van der Waals surface area contributed by atoms with Gasteiger partial charge in [-0.3, -0.25) is 13.9 Å². The van der Waals surface area contributed by atoms with E-state index in [0.717, 1.165) is 25.5 Å². The van der Waals surface area contributed by atoms with Gasteiger partial charge in [-0.2, -0.15) is 0 Å². The first-order valence-electron chi connectivity index (χ1n) is 13.7. The third-order valence-corrected chi connectivity index (χ3v) is 9.10. The second kappa shape index (κ2) is 14.3. The largest absolute Gasteiger partial charge is 0.355 e. The van der Waals surface area contributed by atoms with Crippen molar-refractivity contribution in [3.8, 4) is 0 Å². The lowest BCUT2D eigenvalue weighted by Gasteiger charge is -2.34. The van der Waals surface area contributed by atoms with E-state index in [1.54, 1.807) is 36.4 Å². The van der Waals surface area contributed by atoms with Gasteiger partial charge in [-0.05, 0) is 66.9 Å². The van der Waals surface area contributed by atoms with E-state index in [1.807, 2.05) is 74.5 Å². The summed E-state index contributed by atoms with van der Waals surface area (Å²) in [5.74, 6) is -0.800. The average molecular weight is 649 g/mol. The van der Waals surface area contributed by atoms with Crippen LogP contribution in [0.5, 0.6) is 0 Å². The molecule has 2 amide bonds. The quantitative estimate of drug-likeness (QED) is 0.213. The number of aryl methyl sites for hydroxylation is 1. The standard InChI is InChI=1S/C33H34BrN3O4S/c1-3-35-33(39)31(22-26-12-6-4-7-13-26)36(23-27-17-19-28(34)20-18-27)32(38)24-37(29-14-10-11-25(2)21-29)42(40,41)30-15-8-5-9-16-30/h4-21,31H,3,22-24H2,1-2H3,(H,35,39). The Morgan fingerprint density at radius 3 is 2.10 bits per heavy atom. The summed E-state index contributed by atoms with van der Waals surface area (Å²) in [5.41, 5.74) is 2.91. The van der Waals surface area contributed by atoms with Crippen molar-refractivity contribution in [1.29, 1.82) is 0 Å². The average Bonchev–Trinajstić information content (AvgIpc) is 2.99. The lowest BCUT2D eigenvalue weighted by molar-refractivity contribution is -0.140. The van der Waals surface area contributed by atoms with Crippen molar-refractivity contribution in [2.45, 2.75) is 37.8 Å². The van der Waals surface area contributed by atoms with Crippen molar-refractivity contribution < 1.29 is 18.0 Å². The summed E-state index contributed by atoms with van der Waals surface area (Å²) in [6.07, 6.45) is 0.269. The molecule has 218 valence electrons. The molecule has 4 rings (SSSR count). The fourth-order valence-corrected chi connectivity index (χ4v) is 6.36.